The molecule has 2 aromatic rings. The number of rotatable bonds is 9. The Morgan fingerprint density at radius 3 is 2.67 bits per heavy atom. The van der Waals surface area contributed by atoms with Crippen LogP contribution in [0.25, 0.3) is 11.6 Å². The molecule has 0 spiro atoms. The Bertz CT molecular complexity index is 926. The fourth-order valence-corrected chi connectivity index (χ4v) is 3.56. The van der Waals surface area contributed by atoms with Crippen molar-refractivity contribution in [2.45, 2.75) is 39.0 Å². The minimum Gasteiger partial charge on any atom is -0.496 e. The van der Waals surface area contributed by atoms with Gasteiger partial charge in [0.2, 0.25) is 0 Å². The molecular weight excluding hydrogens is 376 g/mol. The summed E-state index contributed by atoms with van der Waals surface area (Å²) in [6.45, 7) is 6.23. The molecule has 1 aliphatic rings. The number of carbonyl (C=O) groups is 1. The quantitative estimate of drug-likeness (QED) is 0.298. The zero-order valence-electron chi connectivity index (χ0n) is 17.9. The Labute approximate surface area is 179 Å². The topological polar surface area (TPSA) is 44.8 Å². The van der Waals surface area contributed by atoms with Gasteiger partial charge in [0.25, 0.3) is 0 Å². The molecule has 0 amide bonds. The van der Waals surface area contributed by atoms with Crippen molar-refractivity contribution < 1.29 is 19.0 Å². The number of ether oxygens (including phenoxy) is 3. The van der Waals surface area contributed by atoms with E-state index < -0.39 is 0 Å². The first-order valence-corrected chi connectivity index (χ1v) is 10.5. The van der Waals surface area contributed by atoms with Crippen LogP contribution in [0.5, 0.6) is 11.5 Å². The first-order valence-electron chi connectivity index (χ1n) is 10.5. The molecule has 0 N–H and O–H groups in total. The molecule has 30 heavy (non-hydrogen) atoms. The molecule has 0 atom stereocenters. The highest BCUT2D eigenvalue weighted by atomic mass is 16.5. The summed E-state index contributed by atoms with van der Waals surface area (Å²) < 4.78 is 16.6. The number of hydrogen-bond acceptors (Lipinski definition) is 4. The van der Waals surface area contributed by atoms with Crippen molar-refractivity contribution in [1.29, 1.82) is 0 Å². The van der Waals surface area contributed by atoms with Crippen molar-refractivity contribution in [2.24, 2.45) is 0 Å². The molecule has 0 radical (unpaired) electrons. The minimum atomic E-state index is -0.331. The largest absolute Gasteiger partial charge is 0.496 e. The van der Waals surface area contributed by atoms with Crippen molar-refractivity contribution >= 4 is 17.6 Å². The number of aryl methyl sites for hydroxylation is 1. The molecule has 0 saturated heterocycles. The van der Waals surface area contributed by atoms with Crippen molar-refractivity contribution in [3.63, 3.8) is 0 Å². The van der Waals surface area contributed by atoms with Gasteiger partial charge < -0.3 is 14.2 Å². The van der Waals surface area contributed by atoms with Crippen LogP contribution < -0.4 is 9.47 Å². The maximum Gasteiger partial charge on any atom is 0.333 e. The van der Waals surface area contributed by atoms with E-state index in [1.54, 1.807) is 14.0 Å². The van der Waals surface area contributed by atoms with Crippen LogP contribution in [0.15, 0.2) is 54.6 Å². The van der Waals surface area contributed by atoms with E-state index in [1.807, 2.05) is 18.2 Å². The van der Waals surface area contributed by atoms with E-state index in [9.17, 15) is 4.79 Å². The van der Waals surface area contributed by atoms with Crippen LogP contribution in [-0.4, -0.2) is 26.3 Å². The maximum absolute atomic E-state index is 11.3. The molecule has 0 aliphatic heterocycles. The second-order valence-corrected chi connectivity index (χ2v) is 7.56. The molecule has 0 unspecified atom stereocenters. The van der Waals surface area contributed by atoms with Crippen LogP contribution in [0.3, 0.4) is 0 Å². The second kappa shape index (κ2) is 10.7. The van der Waals surface area contributed by atoms with Gasteiger partial charge in [-0.05, 0) is 73.9 Å². The Morgan fingerprint density at radius 2 is 1.87 bits per heavy atom. The number of carbonyl (C=O) groups excluding carboxylic acids is 1. The molecular formula is C26H30O4. The third-order valence-electron chi connectivity index (χ3n) is 5.18. The third kappa shape index (κ3) is 5.76. The Morgan fingerprint density at radius 1 is 1.07 bits per heavy atom. The average molecular weight is 407 g/mol. The standard InChI is InChI=1S/C26H30O4/c1-19(2)26(27)30-16-7-6-15-29-23-14-13-21-17-22(10-8-9-20(21)18-23)24-11-4-5-12-25(24)28-3/h4-5,11-14,17-18H,1,6-10,15-16H2,2-3H3. The van der Waals surface area contributed by atoms with E-state index in [2.05, 4.69) is 36.9 Å². The Kier molecular flexibility index (Phi) is 7.72. The van der Waals surface area contributed by atoms with Crippen LogP contribution >= 0.6 is 0 Å². The lowest BCUT2D eigenvalue weighted by molar-refractivity contribution is -0.139. The van der Waals surface area contributed by atoms with Gasteiger partial charge in [-0.1, -0.05) is 36.9 Å². The predicted octanol–water partition coefficient (Wildman–Crippen LogP) is 5.85. The fourth-order valence-electron chi connectivity index (χ4n) is 3.56. The van der Waals surface area contributed by atoms with E-state index in [0.717, 1.165) is 43.6 Å². The van der Waals surface area contributed by atoms with Crippen molar-refractivity contribution in [2.75, 3.05) is 20.3 Å². The molecule has 2 aromatic carbocycles. The highest BCUT2D eigenvalue weighted by Gasteiger charge is 2.14. The average Bonchev–Trinajstić information content (AvgIpc) is 2.97. The number of methoxy groups -OCH3 is 1. The normalized spacial score (nSPS) is 12.9. The number of unbranched alkanes of at least 4 members (excludes halogenated alkanes) is 1. The molecule has 1 aliphatic carbocycles. The van der Waals surface area contributed by atoms with Gasteiger partial charge in [0, 0.05) is 11.1 Å². The summed E-state index contributed by atoms with van der Waals surface area (Å²) in [4.78, 5) is 11.3. The van der Waals surface area contributed by atoms with Gasteiger partial charge in [0.15, 0.2) is 0 Å². The molecule has 0 bridgehead atoms. The summed E-state index contributed by atoms with van der Waals surface area (Å²) >= 11 is 0. The zero-order chi connectivity index (χ0) is 21.3. The van der Waals surface area contributed by atoms with Crippen molar-refractivity contribution in [3.05, 3.63) is 71.3 Å². The van der Waals surface area contributed by atoms with Crippen LogP contribution in [0.4, 0.5) is 0 Å². The summed E-state index contributed by atoms with van der Waals surface area (Å²) in [6, 6.07) is 14.5. The Balaban J connectivity index is 1.58. The monoisotopic (exact) mass is 406 g/mol. The first-order chi connectivity index (χ1) is 14.6. The highest BCUT2D eigenvalue weighted by Crippen LogP contribution is 2.35. The molecule has 0 saturated carbocycles. The number of fused-ring (bicyclic) bond motifs is 1. The minimum absolute atomic E-state index is 0.331. The van der Waals surface area contributed by atoms with Gasteiger partial charge in [-0.25, -0.2) is 4.79 Å². The first kappa shape index (κ1) is 21.7. The van der Waals surface area contributed by atoms with Gasteiger partial charge in [-0.2, -0.15) is 0 Å². The number of allylic oxidation sites excluding steroid dienone is 1. The van der Waals surface area contributed by atoms with Crippen LogP contribution in [0.2, 0.25) is 0 Å². The van der Waals surface area contributed by atoms with E-state index in [0.29, 0.717) is 18.8 Å². The molecule has 0 aromatic heterocycles. The van der Waals surface area contributed by atoms with Crippen molar-refractivity contribution in [1.82, 2.24) is 0 Å². The number of hydrogen-bond donors (Lipinski definition) is 0. The fraction of sp³-hybridized carbons (Fsp3) is 0.346. The molecule has 4 nitrogen and oxygen atoms in total. The summed E-state index contributed by atoms with van der Waals surface area (Å²) in [5.41, 5.74) is 5.46. The lowest BCUT2D eigenvalue weighted by atomic mass is 9.99. The van der Waals surface area contributed by atoms with Gasteiger partial charge in [-0.15, -0.1) is 0 Å². The summed E-state index contributed by atoms with van der Waals surface area (Å²) in [5, 5.41) is 0. The molecule has 158 valence electrons. The van der Waals surface area contributed by atoms with Crippen LogP contribution in [0.1, 0.15) is 49.3 Å². The van der Waals surface area contributed by atoms with Crippen molar-refractivity contribution in [3.8, 4) is 11.5 Å². The highest BCUT2D eigenvalue weighted by molar-refractivity contribution is 5.87. The van der Waals surface area contributed by atoms with E-state index in [1.165, 1.54) is 22.3 Å². The molecule has 4 heteroatoms. The van der Waals surface area contributed by atoms with Crippen LogP contribution in [0, 0.1) is 0 Å². The molecule has 0 fully saturated rings. The van der Waals surface area contributed by atoms with E-state index in [-0.39, 0.29) is 5.97 Å². The van der Waals surface area contributed by atoms with Gasteiger partial charge >= 0.3 is 5.97 Å². The smallest absolute Gasteiger partial charge is 0.333 e. The summed E-state index contributed by atoms with van der Waals surface area (Å²) in [5.74, 6) is 1.48. The maximum atomic E-state index is 11.3. The number of esters is 1. The molecule has 0 heterocycles. The Hall–Kier alpha value is -3.01. The third-order valence-corrected chi connectivity index (χ3v) is 5.18. The lowest BCUT2D eigenvalue weighted by Crippen LogP contribution is -2.07. The van der Waals surface area contributed by atoms with Gasteiger partial charge in [0.1, 0.15) is 11.5 Å². The SMILES string of the molecule is C=C(C)C(=O)OCCCCOc1ccc2c(c1)CCCC(c1ccccc1OC)=C2. The zero-order valence-corrected chi connectivity index (χ0v) is 17.9. The number of benzene rings is 2. The van der Waals surface area contributed by atoms with Gasteiger partial charge in [0.05, 0.1) is 20.3 Å². The van der Waals surface area contributed by atoms with Crippen LogP contribution in [-0.2, 0) is 16.0 Å². The summed E-state index contributed by atoms with van der Waals surface area (Å²) in [7, 11) is 1.72. The predicted molar refractivity (Wildman–Crippen MR) is 121 cm³/mol. The molecule has 3 rings (SSSR count). The van der Waals surface area contributed by atoms with E-state index in [4.69, 9.17) is 14.2 Å². The van der Waals surface area contributed by atoms with Gasteiger partial charge in [-0.3, -0.25) is 0 Å². The van der Waals surface area contributed by atoms with E-state index >= 15 is 0 Å². The lowest BCUT2D eigenvalue weighted by Gasteiger charge is -2.11. The summed E-state index contributed by atoms with van der Waals surface area (Å²) in [6.07, 6.45) is 7.02. The number of para-hydroxylation sites is 1. The second-order valence-electron chi connectivity index (χ2n) is 7.56.